The number of carbonyl (C=O) groups excluding carboxylic acids is 1. The van der Waals surface area contributed by atoms with Crippen LogP contribution in [-0.4, -0.2) is 28.5 Å². The summed E-state index contributed by atoms with van der Waals surface area (Å²) in [6.45, 7) is 2.48. The van der Waals surface area contributed by atoms with Crippen molar-refractivity contribution in [2.45, 2.75) is 32.6 Å². The molecule has 1 aromatic rings. The maximum atomic E-state index is 11.1. The lowest BCUT2D eigenvalue weighted by molar-refractivity contribution is -0.137. The van der Waals surface area contributed by atoms with Crippen LogP contribution < -0.4 is 11.1 Å². The van der Waals surface area contributed by atoms with E-state index in [2.05, 4.69) is 10.3 Å². The van der Waals surface area contributed by atoms with Crippen LogP contribution in [0.1, 0.15) is 41.7 Å². The molecule has 1 aromatic heterocycles. The second kappa shape index (κ2) is 7.35. The number of nitrogens with zero attached hydrogens (tertiary/aromatic N) is 1. The standard InChI is InChI=1S/C13H19N3O3/c1-9-7-10(13(14)19)8-11(16-9)15-6-4-2-3-5-12(17)18/h7-8H,2-6H2,1H3,(H2,14,19)(H,15,16)(H,17,18). The van der Waals surface area contributed by atoms with Crippen molar-refractivity contribution in [1.29, 1.82) is 0 Å². The van der Waals surface area contributed by atoms with Crippen LogP contribution in [0.2, 0.25) is 0 Å². The number of hydrogen-bond donors (Lipinski definition) is 3. The predicted molar refractivity (Wildman–Crippen MR) is 72.1 cm³/mol. The maximum absolute atomic E-state index is 11.1. The Morgan fingerprint density at radius 2 is 2.05 bits per heavy atom. The average Bonchev–Trinajstić information content (AvgIpc) is 2.32. The zero-order valence-electron chi connectivity index (χ0n) is 11.0. The number of primary amides is 1. The summed E-state index contributed by atoms with van der Waals surface area (Å²) < 4.78 is 0. The van der Waals surface area contributed by atoms with E-state index in [0.29, 0.717) is 24.3 Å². The number of aryl methyl sites for hydroxylation is 1. The molecule has 0 saturated heterocycles. The SMILES string of the molecule is Cc1cc(C(N)=O)cc(NCCCCCC(=O)O)n1. The second-order valence-corrected chi connectivity index (χ2v) is 4.38. The van der Waals surface area contributed by atoms with Crippen molar-refractivity contribution in [1.82, 2.24) is 4.98 Å². The smallest absolute Gasteiger partial charge is 0.303 e. The monoisotopic (exact) mass is 265 g/mol. The number of unbranched alkanes of at least 4 members (excludes halogenated alkanes) is 2. The molecular weight excluding hydrogens is 246 g/mol. The van der Waals surface area contributed by atoms with Crippen molar-refractivity contribution in [2.24, 2.45) is 5.73 Å². The number of nitrogens with one attached hydrogen (secondary N) is 1. The Kier molecular flexibility index (Phi) is 5.78. The average molecular weight is 265 g/mol. The molecule has 6 heteroatoms. The fourth-order valence-electron chi connectivity index (χ4n) is 1.70. The van der Waals surface area contributed by atoms with Gasteiger partial charge in [0.1, 0.15) is 5.82 Å². The van der Waals surface area contributed by atoms with Crippen molar-refractivity contribution in [3.63, 3.8) is 0 Å². The normalized spacial score (nSPS) is 10.2. The molecule has 1 rings (SSSR count). The summed E-state index contributed by atoms with van der Waals surface area (Å²) in [7, 11) is 0. The molecule has 104 valence electrons. The van der Waals surface area contributed by atoms with E-state index >= 15 is 0 Å². The Balaban J connectivity index is 2.37. The van der Waals surface area contributed by atoms with E-state index in [1.54, 1.807) is 19.1 Å². The van der Waals surface area contributed by atoms with Gasteiger partial charge in [-0.25, -0.2) is 4.98 Å². The molecule has 0 unspecified atom stereocenters. The number of amides is 1. The van der Waals surface area contributed by atoms with Gasteiger partial charge in [0, 0.05) is 24.2 Å². The number of rotatable bonds is 8. The molecule has 0 saturated carbocycles. The minimum Gasteiger partial charge on any atom is -0.481 e. The molecule has 1 heterocycles. The zero-order chi connectivity index (χ0) is 14.3. The quantitative estimate of drug-likeness (QED) is 0.618. The lowest BCUT2D eigenvalue weighted by atomic mass is 10.2. The van der Waals surface area contributed by atoms with E-state index in [0.717, 1.165) is 18.5 Å². The maximum Gasteiger partial charge on any atom is 0.303 e. The van der Waals surface area contributed by atoms with E-state index in [4.69, 9.17) is 10.8 Å². The van der Waals surface area contributed by atoms with Gasteiger partial charge in [0.25, 0.3) is 0 Å². The molecule has 0 aliphatic carbocycles. The molecule has 0 radical (unpaired) electrons. The Bertz CT molecular complexity index is 460. The van der Waals surface area contributed by atoms with Crippen LogP contribution in [0.15, 0.2) is 12.1 Å². The number of carboxylic acid groups (broad SMARTS) is 1. The molecule has 0 spiro atoms. The summed E-state index contributed by atoms with van der Waals surface area (Å²) in [6, 6.07) is 3.26. The Labute approximate surface area is 112 Å². The van der Waals surface area contributed by atoms with Crippen LogP contribution in [0.25, 0.3) is 0 Å². The highest BCUT2D eigenvalue weighted by Gasteiger charge is 2.04. The summed E-state index contributed by atoms with van der Waals surface area (Å²) in [5.74, 6) is -0.624. The lowest BCUT2D eigenvalue weighted by Gasteiger charge is -2.07. The van der Waals surface area contributed by atoms with Crippen LogP contribution in [0, 0.1) is 6.92 Å². The van der Waals surface area contributed by atoms with E-state index in [-0.39, 0.29) is 6.42 Å². The van der Waals surface area contributed by atoms with Gasteiger partial charge in [0.2, 0.25) is 5.91 Å². The first kappa shape index (κ1) is 14.9. The number of aliphatic carboxylic acids is 1. The van der Waals surface area contributed by atoms with Crippen molar-refractivity contribution in [3.05, 3.63) is 23.4 Å². The third kappa shape index (κ3) is 5.85. The van der Waals surface area contributed by atoms with Gasteiger partial charge in [-0.2, -0.15) is 0 Å². The molecule has 0 aromatic carbocycles. The van der Waals surface area contributed by atoms with Gasteiger partial charge < -0.3 is 16.2 Å². The molecule has 4 N–H and O–H groups in total. The molecule has 0 fully saturated rings. The molecule has 19 heavy (non-hydrogen) atoms. The zero-order valence-corrected chi connectivity index (χ0v) is 11.0. The Morgan fingerprint density at radius 1 is 1.32 bits per heavy atom. The number of carbonyl (C=O) groups is 2. The first-order valence-electron chi connectivity index (χ1n) is 6.23. The van der Waals surface area contributed by atoms with Crippen LogP contribution in [0.3, 0.4) is 0 Å². The summed E-state index contributed by atoms with van der Waals surface area (Å²) in [5.41, 5.74) is 6.38. The third-order valence-electron chi connectivity index (χ3n) is 2.61. The molecule has 1 amide bonds. The largest absolute Gasteiger partial charge is 0.481 e. The number of pyridine rings is 1. The fourth-order valence-corrected chi connectivity index (χ4v) is 1.70. The predicted octanol–water partition coefficient (Wildman–Crippen LogP) is 1.55. The summed E-state index contributed by atoms with van der Waals surface area (Å²) in [5, 5.41) is 11.6. The van der Waals surface area contributed by atoms with Gasteiger partial charge in [0.05, 0.1) is 0 Å². The van der Waals surface area contributed by atoms with Crippen LogP contribution in [-0.2, 0) is 4.79 Å². The van der Waals surface area contributed by atoms with E-state index in [1.165, 1.54) is 0 Å². The second-order valence-electron chi connectivity index (χ2n) is 4.38. The van der Waals surface area contributed by atoms with Crippen LogP contribution in [0.4, 0.5) is 5.82 Å². The molecular formula is C13H19N3O3. The van der Waals surface area contributed by atoms with Crippen molar-refractivity contribution in [2.75, 3.05) is 11.9 Å². The minimum atomic E-state index is -0.764. The minimum absolute atomic E-state index is 0.203. The van der Waals surface area contributed by atoms with Gasteiger partial charge in [0.15, 0.2) is 0 Å². The highest BCUT2D eigenvalue weighted by atomic mass is 16.4. The number of nitrogens with two attached hydrogens (primary N) is 1. The molecule has 0 bridgehead atoms. The first-order valence-corrected chi connectivity index (χ1v) is 6.23. The number of anilines is 1. The topological polar surface area (TPSA) is 105 Å². The molecule has 0 aliphatic heterocycles. The molecule has 0 atom stereocenters. The summed E-state index contributed by atoms with van der Waals surface area (Å²) in [6.07, 6.45) is 2.57. The van der Waals surface area contributed by atoms with Gasteiger partial charge in [-0.05, 0) is 31.9 Å². The van der Waals surface area contributed by atoms with E-state index < -0.39 is 11.9 Å². The third-order valence-corrected chi connectivity index (χ3v) is 2.61. The van der Waals surface area contributed by atoms with Gasteiger partial charge in [-0.1, -0.05) is 6.42 Å². The van der Waals surface area contributed by atoms with Crippen molar-refractivity contribution >= 4 is 17.7 Å². The van der Waals surface area contributed by atoms with Crippen LogP contribution in [0.5, 0.6) is 0 Å². The van der Waals surface area contributed by atoms with Gasteiger partial charge >= 0.3 is 5.97 Å². The first-order chi connectivity index (χ1) is 8.99. The number of hydrogen-bond acceptors (Lipinski definition) is 4. The highest BCUT2D eigenvalue weighted by Crippen LogP contribution is 2.10. The van der Waals surface area contributed by atoms with Crippen molar-refractivity contribution in [3.8, 4) is 0 Å². The number of aromatic nitrogens is 1. The Hall–Kier alpha value is -2.11. The highest BCUT2D eigenvalue weighted by molar-refractivity contribution is 5.93. The van der Waals surface area contributed by atoms with Gasteiger partial charge in [-0.3, -0.25) is 9.59 Å². The molecule has 0 aliphatic rings. The van der Waals surface area contributed by atoms with E-state index in [1.807, 2.05) is 0 Å². The molecule has 6 nitrogen and oxygen atoms in total. The summed E-state index contributed by atoms with van der Waals surface area (Å²) >= 11 is 0. The lowest BCUT2D eigenvalue weighted by Crippen LogP contribution is -2.13. The Morgan fingerprint density at radius 3 is 2.68 bits per heavy atom. The van der Waals surface area contributed by atoms with Crippen LogP contribution >= 0.6 is 0 Å². The fraction of sp³-hybridized carbons (Fsp3) is 0.462. The summed E-state index contributed by atoms with van der Waals surface area (Å²) in [4.78, 5) is 25.7. The van der Waals surface area contributed by atoms with Gasteiger partial charge in [-0.15, -0.1) is 0 Å². The number of carboxylic acids is 1. The van der Waals surface area contributed by atoms with Crippen molar-refractivity contribution < 1.29 is 14.7 Å². The van der Waals surface area contributed by atoms with E-state index in [9.17, 15) is 9.59 Å².